The van der Waals surface area contributed by atoms with E-state index in [-0.39, 0.29) is 42.3 Å². The van der Waals surface area contributed by atoms with Gasteiger partial charge in [-0.15, -0.1) is 0 Å². The summed E-state index contributed by atoms with van der Waals surface area (Å²) in [7, 11) is 0. The second-order valence-electron chi connectivity index (χ2n) is 16.1. The lowest BCUT2D eigenvalue weighted by Gasteiger charge is -2.59. The minimum Gasteiger partial charge on any atom is -0.481 e. The third-order valence-electron chi connectivity index (χ3n) is 12.8. The molecule has 0 bridgehead atoms. The molecule has 0 unspecified atom stereocenters. The van der Waals surface area contributed by atoms with Gasteiger partial charge in [0.2, 0.25) is 11.7 Å². The number of esters is 2. The molecule has 1 heterocycles. The second-order valence-corrected chi connectivity index (χ2v) is 16.1. The molecule has 3 saturated carbocycles. The summed E-state index contributed by atoms with van der Waals surface area (Å²) in [5.74, 6) is -2.20. The van der Waals surface area contributed by atoms with Gasteiger partial charge in [-0.05, 0) is 107 Å². The molecule has 5 rings (SSSR count). The Bertz CT molecular complexity index is 1370. The topological polar surface area (TPSA) is 162 Å². The number of fused-ring (bicyclic) bond motifs is 5. The molecule has 4 aliphatic carbocycles. The van der Waals surface area contributed by atoms with Crippen molar-refractivity contribution in [1.82, 2.24) is 5.32 Å². The fourth-order valence-corrected chi connectivity index (χ4v) is 10.5. The van der Waals surface area contributed by atoms with E-state index in [4.69, 9.17) is 14.2 Å². The summed E-state index contributed by atoms with van der Waals surface area (Å²) in [5, 5.41) is 12.2. The van der Waals surface area contributed by atoms with E-state index in [1.54, 1.807) is 0 Å². The van der Waals surface area contributed by atoms with Crippen molar-refractivity contribution < 1.29 is 48.1 Å². The highest BCUT2D eigenvalue weighted by atomic mass is 16.6. The summed E-state index contributed by atoms with van der Waals surface area (Å²) in [5.41, 5.74) is -1.23. The van der Waals surface area contributed by atoms with E-state index in [9.17, 15) is 33.9 Å². The van der Waals surface area contributed by atoms with Crippen LogP contribution in [0, 0.1) is 34.5 Å². The smallest absolute Gasteiger partial charge is 0.306 e. The van der Waals surface area contributed by atoms with Crippen LogP contribution < -0.4 is 5.32 Å². The molecule has 0 aromatic heterocycles. The number of rotatable bonds is 11. The first-order valence-corrected chi connectivity index (χ1v) is 17.8. The Balaban J connectivity index is 1.20. The van der Waals surface area contributed by atoms with Crippen molar-refractivity contribution >= 4 is 35.4 Å². The SMILES string of the molecule is CC(=O)O[C@]1(C(=O)COC(=O)CCC(=O)N[C@H](CC(=O)O)[C@H]2CCOC(C)(C)C2)CC[C@H]2[C@@H]3CCC4=CC(=O)CC[C@]4(C)[C@H]3CC[C@@]21C. The standard InChI is InChI=1S/C37H53NO10/c1-22(39)48-37(16-12-28-26-7-6-24-18-25(40)10-14-35(24,4)27(26)11-15-36(28,37)5)30(41)21-46-33(45)9-8-31(42)38-29(19-32(43)44)23-13-17-47-34(2,3)20-23/h18,23,26-29H,6-17,19-21H2,1-5H3,(H,38,42)(H,43,44)/t23-,26+,27-,28-,29+,35-,36-,37-/m0/s1. The lowest BCUT2D eigenvalue weighted by Crippen LogP contribution is -2.59. The molecule has 5 aliphatic rings. The Kier molecular flexibility index (Phi) is 10.3. The monoisotopic (exact) mass is 671 g/mol. The predicted molar refractivity (Wildman–Crippen MR) is 173 cm³/mol. The fraction of sp³-hybridized carbons (Fsp3) is 0.784. The Morgan fingerprint density at radius 2 is 1.71 bits per heavy atom. The van der Waals surface area contributed by atoms with Crippen molar-refractivity contribution in [2.75, 3.05) is 13.2 Å². The van der Waals surface area contributed by atoms with Gasteiger partial charge in [-0.25, -0.2) is 0 Å². The highest BCUT2D eigenvalue weighted by molar-refractivity contribution is 5.93. The number of ether oxygens (including phenoxy) is 3. The van der Waals surface area contributed by atoms with Gasteiger partial charge in [0.25, 0.3) is 0 Å². The fourth-order valence-electron chi connectivity index (χ4n) is 10.5. The normalized spacial score (nSPS) is 35.9. The zero-order valence-corrected chi connectivity index (χ0v) is 29.2. The number of carbonyl (C=O) groups is 6. The number of allylic oxidation sites excluding steroid dienone is 1. The summed E-state index contributed by atoms with van der Waals surface area (Å²) < 4.78 is 17.1. The molecule has 11 nitrogen and oxygen atoms in total. The molecule has 4 fully saturated rings. The largest absolute Gasteiger partial charge is 0.481 e. The molecule has 266 valence electrons. The summed E-state index contributed by atoms with van der Waals surface area (Å²) >= 11 is 0. The highest BCUT2D eigenvalue weighted by Crippen LogP contribution is 2.68. The van der Waals surface area contributed by atoms with Crippen LogP contribution in [0.3, 0.4) is 0 Å². The van der Waals surface area contributed by atoms with E-state index in [1.165, 1.54) is 12.5 Å². The number of nitrogens with one attached hydrogen (secondary N) is 1. The zero-order chi connectivity index (χ0) is 35.1. The molecule has 0 aromatic rings. The van der Waals surface area contributed by atoms with Crippen molar-refractivity contribution in [3.05, 3.63) is 11.6 Å². The third kappa shape index (κ3) is 6.98. The van der Waals surface area contributed by atoms with Crippen LogP contribution in [-0.4, -0.2) is 70.9 Å². The quantitative estimate of drug-likeness (QED) is 0.290. The van der Waals surface area contributed by atoms with Crippen LogP contribution in [0.25, 0.3) is 0 Å². The van der Waals surface area contributed by atoms with Crippen molar-refractivity contribution in [2.45, 2.75) is 135 Å². The second kappa shape index (κ2) is 13.7. The molecule has 0 aromatic carbocycles. The van der Waals surface area contributed by atoms with Crippen LogP contribution in [0.1, 0.15) is 118 Å². The first kappa shape index (κ1) is 36.2. The number of carboxylic acids is 1. The van der Waals surface area contributed by atoms with E-state index in [1.807, 2.05) is 19.9 Å². The minimum absolute atomic E-state index is 0.0360. The van der Waals surface area contributed by atoms with Crippen LogP contribution in [0.15, 0.2) is 11.6 Å². The van der Waals surface area contributed by atoms with Gasteiger partial charge in [0.1, 0.15) is 0 Å². The lowest BCUT2D eigenvalue weighted by atomic mass is 9.46. The molecular formula is C37H53NO10. The predicted octanol–water partition coefficient (Wildman–Crippen LogP) is 4.88. The van der Waals surface area contributed by atoms with Gasteiger partial charge in [-0.2, -0.15) is 0 Å². The average Bonchev–Trinajstić information content (AvgIpc) is 3.30. The van der Waals surface area contributed by atoms with Crippen molar-refractivity contribution in [3.8, 4) is 0 Å². The first-order chi connectivity index (χ1) is 22.5. The number of amides is 1. The number of Topliss-reactive ketones (excluding diaryl/α,β-unsaturated/α-hetero) is 1. The summed E-state index contributed by atoms with van der Waals surface area (Å²) in [4.78, 5) is 75.9. The summed E-state index contributed by atoms with van der Waals surface area (Å²) in [6.07, 6.45) is 8.19. The maximum absolute atomic E-state index is 14.0. The molecule has 1 aliphatic heterocycles. The van der Waals surface area contributed by atoms with Gasteiger partial charge in [-0.3, -0.25) is 28.8 Å². The number of ketones is 2. The number of carbonyl (C=O) groups excluding carboxylic acids is 5. The first-order valence-electron chi connectivity index (χ1n) is 17.8. The van der Waals surface area contributed by atoms with Gasteiger partial charge in [0.05, 0.1) is 18.4 Å². The molecule has 1 saturated heterocycles. The van der Waals surface area contributed by atoms with Crippen molar-refractivity contribution in [1.29, 1.82) is 0 Å². The summed E-state index contributed by atoms with van der Waals surface area (Å²) in [6, 6.07) is -0.597. The molecule has 8 atom stereocenters. The Hall–Kier alpha value is -3.08. The zero-order valence-electron chi connectivity index (χ0n) is 29.2. The molecule has 1 amide bonds. The summed E-state index contributed by atoms with van der Waals surface area (Å²) in [6.45, 7) is 9.43. The number of hydrogen-bond donors (Lipinski definition) is 2. The van der Waals surface area contributed by atoms with Gasteiger partial charge in [0.15, 0.2) is 18.0 Å². The van der Waals surface area contributed by atoms with E-state index < -0.39 is 58.9 Å². The molecule has 48 heavy (non-hydrogen) atoms. The molecular weight excluding hydrogens is 618 g/mol. The number of aliphatic carboxylic acids is 1. The number of hydrogen-bond acceptors (Lipinski definition) is 9. The molecule has 0 spiro atoms. The minimum atomic E-state index is -1.41. The molecule has 11 heteroatoms. The van der Waals surface area contributed by atoms with Crippen LogP contribution in [-0.2, 0) is 43.0 Å². The van der Waals surface area contributed by atoms with Gasteiger partial charge < -0.3 is 24.6 Å². The van der Waals surface area contributed by atoms with Crippen molar-refractivity contribution in [2.24, 2.45) is 34.5 Å². The number of carboxylic acid groups (broad SMARTS) is 1. The van der Waals surface area contributed by atoms with Crippen LogP contribution in [0.2, 0.25) is 0 Å². The van der Waals surface area contributed by atoms with Crippen LogP contribution in [0.5, 0.6) is 0 Å². The van der Waals surface area contributed by atoms with E-state index in [0.717, 1.165) is 32.1 Å². The van der Waals surface area contributed by atoms with E-state index in [2.05, 4.69) is 19.2 Å². The highest BCUT2D eigenvalue weighted by Gasteiger charge is 2.68. The van der Waals surface area contributed by atoms with Crippen LogP contribution >= 0.6 is 0 Å². The molecule has 2 N–H and O–H groups in total. The Morgan fingerprint density at radius 3 is 2.40 bits per heavy atom. The maximum atomic E-state index is 14.0. The average molecular weight is 672 g/mol. The molecule has 0 radical (unpaired) electrons. The van der Waals surface area contributed by atoms with Crippen molar-refractivity contribution in [3.63, 3.8) is 0 Å². The van der Waals surface area contributed by atoms with Gasteiger partial charge in [-0.1, -0.05) is 19.4 Å². The van der Waals surface area contributed by atoms with Gasteiger partial charge >= 0.3 is 17.9 Å². The van der Waals surface area contributed by atoms with Crippen LogP contribution in [0.4, 0.5) is 0 Å². The maximum Gasteiger partial charge on any atom is 0.306 e. The Morgan fingerprint density at radius 1 is 0.979 bits per heavy atom. The Labute approximate surface area is 283 Å². The third-order valence-corrected chi connectivity index (χ3v) is 12.8. The van der Waals surface area contributed by atoms with E-state index in [0.29, 0.717) is 50.5 Å². The van der Waals surface area contributed by atoms with E-state index >= 15 is 0 Å². The van der Waals surface area contributed by atoms with Gasteiger partial charge in [0, 0.05) is 37.8 Å². The lowest BCUT2D eigenvalue weighted by molar-refractivity contribution is -0.191.